The van der Waals surface area contributed by atoms with Crippen molar-refractivity contribution in [2.75, 3.05) is 10.6 Å². The third-order valence-electron chi connectivity index (χ3n) is 4.33. The molecule has 1 amide bonds. The van der Waals surface area contributed by atoms with Crippen LogP contribution in [0, 0.1) is 6.92 Å². The van der Waals surface area contributed by atoms with Crippen LogP contribution >= 0.6 is 23.2 Å². The molecule has 3 heterocycles. The number of carbonyl (C=O) groups is 1. The molecule has 0 saturated heterocycles. The molecule has 12 heteroatoms. The Labute approximate surface area is 189 Å². The molecule has 0 spiro atoms. The zero-order valence-electron chi connectivity index (χ0n) is 16.2. The van der Waals surface area contributed by atoms with E-state index in [0.29, 0.717) is 32.7 Å². The maximum atomic E-state index is 13.0. The van der Waals surface area contributed by atoms with Gasteiger partial charge in [0.05, 0.1) is 38.5 Å². The molecule has 3 aromatic heterocycles. The standard InChI is InChI=1S/C20H13Cl2F3N6O/c1-9-5-10(20(23,24)25)6-16(27-9)30-18(32)14-7-13-15(8-26-14)29-19(28-13)31-17-11(21)3-2-4-12(17)22/h2-8H,1H3,(H,27,30,32)(H2,28,29,31). The zero-order valence-corrected chi connectivity index (χ0v) is 17.7. The highest BCUT2D eigenvalue weighted by Gasteiger charge is 2.31. The second-order valence-corrected chi connectivity index (χ2v) is 7.54. The minimum absolute atomic E-state index is 0.0526. The maximum Gasteiger partial charge on any atom is 0.416 e. The Balaban J connectivity index is 1.58. The van der Waals surface area contributed by atoms with Crippen molar-refractivity contribution in [2.24, 2.45) is 0 Å². The Morgan fingerprint density at radius 2 is 1.81 bits per heavy atom. The van der Waals surface area contributed by atoms with Gasteiger partial charge < -0.3 is 15.6 Å². The summed E-state index contributed by atoms with van der Waals surface area (Å²) in [4.78, 5) is 27.8. The van der Waals surface area contributed by atoms with Gasteiger partial charge in [-0.25, -0.2) is 15.0 Å². The predicted molar refractivity (Wildman–Crippen MR) is 116 cm³/mol. The Morgan fingerprint density at radius 3 is 2.50 bits per heavy atom. The van der Waals surface area contributed by atoms with E-state index in [9.17, 15) is 18.0 Å². The quantitative estimate of drug-likeness (QED) is 0.333. The number of rotatable bonds is 4. The highest BCUT2D eigenvalue weighted by Crippen LogP contribution is 2.33. The van der Waals surface area contributed by atoms with Crippen molar-refractivity contribution in [1.82, 2.24) is 19.9 Å². The van der Waals surface area contributed by atoms with Gasteiger partial charge in [-0.2, -0.15) is 13.2 Å². The molecule has 0 atom stereocenters. The Kier molecular flexibility index (Phi) is 5.66. The van der Waals surface area contributed by atoms with E-state index in [1.807, 2.05) is 0 Å². The summed E-state index contributed by atoms with van der Waals surface area (Å²) >= 11 is 12.3. The summed E-state index contributed by atoms with van der Waals surface area (Å²) in [6.07, 6.45) is -3.19. The number of hydrogen-bond acceptors (Lipinski definition) is 5. The van der Waals surface area contributed by atoms with Crippen LogP contribution < -0.4 is 10.6 Å². The number of alkyl halides is 3. The Hall–Kier alpha value is -3.37. The van der Waals surface area contributed by atoms with E-state index in [4.69, 9.17) is 23.2 Å². The molecule has 4 rings (SSSR count). The first-order chi connectivity index (χ1) is 15.1. The molecule has 7 nitrogen and oxygen atoms in total. The summed E-state index contributed by atoms with van der Waals surface area (Å²) in [5.41, 5.74) is 0.504. The van der Waals surface area contributed by atoms with Gasteiger partial charge in [0, 0.05) is 5.69 Å². The van der Waals surface area contributed by atoms with Crippen LogP contribution in [-0.2, 0) is 6.18 Å². The maximum absolute atomic E-state index is 13.0. The minimum Gasteiger partial charge on any atom is -0.323 e. The second-order valence-electron chi connectivity index (χ2n) is 6.73. The number of aryl methyl sites for hydroxylation is 1. The van der Waals surface area contributed by atoms with Crippen molar-refractivity contribution in [1.29, 1.82) is 0 Å². The topological polar surface area (TPSA) is 95.6 Å². The number of anilines is 3. The number of imidazole rings is 1. The molecule has 164 valence electrons. The summed E-state index contributed by atoms with van der Waals surface area (Å²) in [7, 11) is 0. The fraction of sp³-hybridized carbons (Fsp3) is 0.100. The molecular formula is C20H13Cl2F3N6O. The molecule has 0 unspecified atom stereocenters. The third-order valence-corrected chi connectivity index (χ3v) is 4.96. The van der Waals surface area contributed by atoms with Gasteiger partial charge in [0.1, 0.15) is 11.5 Å². The summed E-state index contributed by atoms with van der Waals surface area (Å²) in [6.45, 7) is 1.40. The van der Waals surface area contributed by atoms with Crippen molar-refractivity contribution < 1.29 is 18.0 Å². The number of nitrogens with zero attached hydrogens (tertiary/aromatic N) is 3. The van der Waals surface area contributed by atoms with Gasteiger partial charge in [-0.3, -0.25) is 4.79 Å². The van der Waals surface area contributed by atoms with Gasteiger partial charge >= 0.3 is 6.18 Å². The van der Waals surface area contributed by atoms with E-state index in [1.54, 1.807) is 18.2 Å². The number of nitrogens with one attached hydrogen (secondary N) is 3. The minimum atomic E-state index is -4.56. The number of pyridine rings is 2. The number of fused-ring (bicyclic) bond motifs is 1. The van der Waals surface area contributed by atoms with Crippen LogP contribution in [0.5, 0.6) is 0 Å². The smallest absolute Gasteiger partial charge is 0.323 e. The molecule has 1 aromatic carbocycles. The molecule has 0 aliphatic rings. The highest BCUT2D eigenvalue weighted by atomic mass is 35.5. The third kappa shape index (κ3) is 4.61. The number of hydrogen-bond donors (Lipinski definition) is 3. The normalized spacial score (nSPS) is 11.6. The fourth-order valence-corrected chi connectivity index (χ4v) is 3.40. The van der Waals surface area contributed by atoms with Crippen LogP contribution in [0.1, 0.15) is 21.7 Å². The Bertz CT molecular complexity index is 1320. The number of halogens is 5. The van der Waals surface area contributed by atoms with Crippen molar-refractivity contribution >= 4 is 57.6 Å². The van der Waals surface area contributed by atoms with E-state index >= 15 is 0 Å². The van der Waals surface area contributed by atoms with Gasteiger partial charge in [-0.15, -0.1) is 0 Å². The largest absolute Gasteiger partial charge is 0.416 e. The number of aromatic nitrogens is 4. The molecule has 32 heavy (non-hydrogen) atoms. The number of aromatic amines is 1. The lowest BCUT2D eigenvalue weighted by molar-refractivity contribution is -0.137. The van der Waals surface area contributed by atoms with Crippen LogP contribution in [0.2, 0.25) is 10.0 Å². The molecule has 4 aromatic rings. The van der Waals surface area contributed by atoms with Crippen LogP contribution in [0.25, 0.3) is 11.0 Å². The molecule has 0 aliphatic carbocycles. The number of carbonyl (C=O) groups excluding carboxylic acids is 1. The van der Waals surface area contributed by atoms with Gasteiger partial charge in [0.25, 0.3) is 5.91 Å². The van der Waals surface area contributed by atoms with E-state index in [1.165, 1.54) is 19.2 Å². The van der Waals surface area contributed by atoms with E-state index in [0.717, 1.165) is 12.1 Å². The Morgan fingerprint density at radius 1 is 1.09 bits per heavy atom. The van der Waals surface area contributed by atoms with Crippen LogP contribution in [-0.4, -0.2) is 25.8 Å². The van der Waals surface area contributed by atoms with Crippen LogP contribution in [0.3, 0.4) is 0 Å². The number of para-hydroxylation sites is 1. The summed E-state index contributed by atoms with van der Waals surface area (Å²) in [6, 6.07) is 8.06. The van der Waals surface area contributed by atoms with Crippen molar-refractivity contribution in [3.8, 4) is 0 Å². The highest BCUT2D eigenvalue weighted by molar-refractivity contribution is 6.39. The van der Waals surface area contributed by atoms with Gasteiger partial charge in [0.2, 0.25) is 5.95 Å². The molecule has 0 aliphatic heterocycles. The number of amides is 1. The van der Waals surface area contributed by atoms with Crippen molar-refractivity contribution in [3.05, 3.63) is 69.6 Å². The summed E-state index contributed by atoms with van der Waals surface area (Å²) in [5.74, 6) is -0.656. The molecule has 0 saturated carbocycles. The number of benzene rings is 1. The molecule has 0 radical (unpaired) electrons. The fourth-order valence-electron chi connectivity index (χ4n) is 2.91. The van der Waals surface area contributed by atoms with E-state index in [2.05, 4.69) is 30.6 Å². The molecule has 0 bridgehead atoms. The van der Waals surface area contributed by atoms with Gasteiger partial charge in [-0.05, 0) is 37.3 Å². The lowest BCUT2D eigenvalue weighted by Gasteiger charge is -2.10. The SMILES string of the molecule is Cc1cc(C(F)(F)F)cc(NC(=O)c2cc3nc(Nc4c(Cl)cccc4Cl)[nH]c3cn2)n1. The zero-order chi connectivity index (χ0) is 23.0. The van der Waals surface area contributed by atoms with Crippen molar-refractivity contribution in [2.45, 2.75) is 13.1 Å². The predicted octanol–water partition coefficient (Wildman–Crippen LogP) is 5.98. The lowest BCUT2D eigenvalue weighted by atomic mass is 10.2. The van der Waals surface area contributed by atoms with Crippen LogP contribution in [0.4, 0.5) is 30.6 Å². The first-order valence-corrected chi connectivity index (χ1v) is 9.80. The average Bonchev–Trinajstić information content (AvgIpc) is 3.11. The second kappa shape index (κ2) is 8.29. The molecule has 3 N–H and O–H groups in total. The van der Waals surface area contributed by atoms with E-state index in [-0.39, 0.29) is 17.2 Å². The number of H-pyrrole nitrogens is 1. The summed E-state index contributed by atoms with van der Waals surface area (Å²) < 4.78 is 39.0. The first kappa shape index (κ1) is 21.8. The first-order valence-electron chi connectivity index (χ1n) is 9.04. The summed E-state index contributed by atoms with van der Waals surface area (Å²) in [5, 5.41) is 6.08. The average molecular weight is 481 g/mol. The molecular weight excluding hydrogens is 468 g/mol. The monoisotopic (exact) mass is 480 g/mol. The molecule has 0 fully saturated rings. The van der Waals surface area contributed by atoms with Gasteiger partial charge in [-0.1, -0.05) is 29.3 Å². The van der Waals surface area contributed by atoms with E-state index < -0.39 is 17.6 Å². The lowest BCUT2D eigenvalue weighted by Crippen LogP contribution is -2.16. The van der Waals surface area contributed by atoms with Gasteiger partial charge in [0.15, 0.2) is 0 Å². The van der Waals surface area contributed by atoms with Crippen molar-refractivity contribution in [3.63, 3.8) is 0 Å². The van der Waals surface area contributed by atoms with Crippen LogP contribution in [0.15, 0.2) is 42.6 Å².